The minimum atomic E-state index is -3.51. The normalized spacial score (nSPS) is 19.3. The first-order valence-corrected chi connectivity index (χ1v) is 9.45. The predicted molar refractivity (Wildman–Crippen MR) is 90.5 cm³/mol. The fourth-order valence-corrected chi connectivity index (χ4v) is 4.73. The van der Waals surface area contributed by atoms with Gasteiger partial charge in [-0.3, -0.25) is 0 Å². The highest BCUT2D eigenvalue weighted by Gasteiger charge is 2.34. The summed E-state index contributed by atoms with van der Waals surface area (Å²) in [6.45, 7) is 2.85. The molecule has 1 aliphatic heterocycles. The van der Waals surface area contributed by atoms with E-state index >= 15 is 0 Å². The van der Waals surface area contributed by atoms with Crippen LogP contribution in [0.2, 0.25) is 0 Å². The number of halogens is 1. The molecule has 4 nitrogen and oxygen atoms in total. The van der Waals surface area contributed by atoms with Gasteiger partial charge in [0.05, 0.1) is 25.0 Å². The van der Waals surface area contributed by atoms with Crippen LogP contribution in [0.25, 0.3) is 0 Å². The number of ether oxygens (including phenoxy) is 1. The molecule has 128 valence electrons. The van der Waals surface area contributed by atoms with Crippen LogP contribution in [0.15, 0.2) is 48.5 Å². The van der Waals surface area contributed by atoms with Crippen molar-refractivity contribution in [2.45, 2.75) is 18.7 Å². The smallest absolute Gasteiger partial charge is 0.219 e. The average Bonchev–Trinajstić information content (AvgIpc) is 2.58. The van der Waals surface area contributed by atoms with E-state index in [1.807, 2.05) is 31.2 Å². The maximum Gasteiger partial charge on any atom is 0.219 e. The molecule has 3 rings (SSSR count). The van der Waals surface area contributed by atoms with Crippen LogP contribution in [-0.2, 0) is 20.5 Å². The molecule has 6 heteroatoms. The molecule has 0 aliphatic carbocycles. The van der Waals surface area contributed by atoms with Crippen LogP contribution in [0.5, 0.6) is 0 Å². The Morgan fingerprint density at radius 2 is 1.88 bits per heavy atom. The second-order valence-electron chi connectivity index (χ2n) is 5.94. The van der Waals surface area contributed by atoms with Crippen molar-refractivity contribution in [1.29, 1.82) is 0 Å². The van der Waals surface area contributed by atoms with Gasteiger partial charge in [-0.05, 0) is 35.7 Å². The monoisotopic (exact) mass is 349 g/mol. The number of sulfonamides is 1. The Labute approximate surface area is 141 Å². The molecule has 1 saturated heterocycles. The molecule has 1 heterocycles. The van der Waals surface area contributed by atoms with E-state index in [4.69, 9.17) is 4.74 Å². The van der Waals surface area contributed by atoms with E-state index < -0.39 is 16.1 Å². The highest BCUT2D eigenvalue weighted by Crippen LogP contribution is 2.29. The van der Waals surface area contributed by atoms with Crippen molar-refractivity contribution in [3.63, 3.8) is 0 Å². The van der Waals surface area contributed by atoms with Crippen LogP contribution in [-0.4, -0.2) is 32.5 Å². The molecule has 1 fully saturated rings. The Morgan fingerprint density at radius 3 is 2.58 bits per heavy atom. The van der Waals surface area contributed by atoms with Crippen LogP contribution < -0.4 is 0 Å². The van der Waals surface area contributed by atoms with Gasteiger partial charge in [0.2, 0.25) is 10.0 Å². The number of rotatable bonds is 4. The molecule has 1 atom stereocenters. The summed E-state index contributed by atoms with van der Waals surface area (Å²) < 4.78 is 46.0. The Balaban J connectivity index is 1.89. The van der Waals surface area contributed by atoms with Crippen molar-refractivity contribution < 1.29 is 17.5 Å². The SMILES string of the molecule is Cc1ccccc1CS(=O)(=O)N1CCOCC1c1ccc(F)cc1. The summed E-state index contributed by atoms with van der Waals surface area (Å²) in [6, 6.07) is 13.0. The molecule has 2 aromatic rings. The Bertz CT molecular complexity index is 805. The highest BCUT2D eigenvalue weighted by molar-refractivity contribution is 7.88. The highest BCUT2D eigenvalue weighted by atomic mass is 32.2. The standard InChI is InChI=1S/C18H20FNO3S/c1-14-4-2-3-5-16(14)13-24(21,22)20-10-11-23-12-18(20)15-6-8-17(19)9-7-15/h2-9,18H,10-13H2,1H3. The molecule has 1 unspecified atom stereocenters. The van der Waals surface area contributed by atoms with E-state index in [0.717, 1.165) is 16.7 Å². The first kappa shape index (κ1) is 17.1. The maximum atomic E-state index is 13.2. The molecule has 0 amide bonds. The number of morpholine rings is 1. The van der Waals surface area contributed by atoms with Gasteiger partial charge in [-0.2, -0.15) is 4.31 Å². The van der Waals surface area contributed by atoms with Crippen molar-refractivity contribution in [2.24, 2.45) is 0 Å². The minimum absolute atomic E-state index is 0.0443. The zero-order chi connectivity index (χ0) is 17.2. The third-order valence-electron chi connectivity index (χ3n) is 4.29. The fourth-order valence-electron chi connectivity index (χ4n) is 2.92. The predicted octanol–water partition coefficient (Wildman–Crippen LogP) is 3.04. The molecule has 0 N–H and O–H groups in total. The van der Waals surface area contributed by atoms with Gasteiger partial charge in [0.1, 0.15) is 5.82 Å². The second kappa shape index (κ2) is 7.01. The maximum absolute atomic E-state index is 13.2. The number of nitrogens with zero attached hydrogens (tertiary/aromatic N) is 1. The molecule has 0 bridgehead atoms. The largest absolute Gasteiger partial charge is 0.378 e. The molecular weight excluding hydrogens is 329 g/mol. The van der Waals surface area contributed by atoms with Crippen molar-refractivity contribution in [2.75, 3.05) is 19.8 Å². The molecule has 0 radical (unpaired) electrons. The molecule has 24 heavy (non-hydrogen) atoms. The summed E-state index contributed by atoms with van der Waals surface area (Å²) in [5.41, 5.74) is 2.49. The topological polar surface area (TPSA) is 46.6 Å². The van der Waals surface area contributed by atoms with Gasteiger partial charge in [-0.15, -0.1) is 0 Å². The Kier molecular flexibility index (Phi) is 4.99. The van der Waals surface area contributed by atoms with Gasteiger partial charge >= 0.3 is 0 Å². The van der Waals surface area contributed by atoms with Crippen LogP contribution in [0.4, 0.5) is 4.39 Å². The lowest BCUT2D eigenvalue weighted by Gasteiger charge is -2.35. The number of hydrogen-bond acceptors (Lipinski definition) is 3. The van der Waals surface area contributed by atoms with Crippen LogP contribution in [0.3, 0.4) is 0 Å². The zero-order valence-electron chi connectivity index (χ0n) is 13.5. The third-order valence-corrected chi connectivity index (χ3v) is 6.12. The number of hydrogen-bond donors (Lipinski definition) is 0. The lowest BCUT2D eigenvalue weighted by atomic mass is 10.1. The van der Waals surface area contributed by atoms with Crippen LogP contribution >= 0.6 is 0 Å². The average molecular weight is 349 g/mol. The van der Waals surface area contributed by atoms with E-state index in [2.05, 4.69) is 0 Å². The van der Waals surface area contributed by atoms with Crippen LogP contribution in [0, 0.1) is 12.7 Å². The number of benzene rings is 2. The Morgan fingerprint density at radius 1 is 1.17 bits per heavy atom. The van der Waals surface area contributed by atoms with Crippen molar-refractivity contribution in [3.8, 4) is 0 Å². The van der Waals surface area contributed by atoms with E-state index in [1.54, 1.807) is 12.1 Å². The molecule has 0 aromatic heterocycles. The molecule has 2 aromatic carbocycles. The lowest BCUT2D eigenvalue weighted by molar-refractivity contribution is 0.0320. The van der Waals surface area contributed by atoms with Gasteiger partial charge < -0.3 is 4.74 Å². The third kappa shape index (κ3) is 3.66. The van der Waals surface area contributed by atoms with Crippen molar-refractivity contribution >= 4 is 10.0 Å². The summed E-state index contributed by atoms with van der Waals surface area (Å²) in [5, 5.41) is 0. The van der Waals surface area contributed by atoms with E-state index in [-0.39, 0.29) is 18.2 Å². The summed E-state index contributed by atoms with van der Waals surface area (Å²) in [6.07, 6.45) is 0. The van der Waals surface area contributed by atoms with Gasteiger partial charge in [0.25, 0.3) is 0 Å². The van der Waals surface area contributed by atoms with Gasteiger partial charge in [-0.25, -0.2) is 12.8 Å². The summed E-state index contributed by atoms with van der Waals surface area (Å²) in [5.74, 6) is -0.387. The quantitative estimate of drug-likeness (QED) is 0.852. The minimum Gasteiger partial charge on any atom is -0.378 e. The molecule has 0 saturated carbocycles. The molecular formula is C18H20FNO3S. The van der Waals surface area contributed by atoms with E-state index in [9.17, 15) is 12.8 Å². The van der Waals surface area contributed by atoms with Crippen molar-refractivity contribution in [3.05, 3.63) is 71.0 Å². The summed E-state index contributed by atoms with van der Waals surface area (Å²) >= 11 is 0. The zero-order valence-corrected chi connectivity index (χ0v) is 14.3. The first-order valence-electron chi connectivity index (χ1n) is 7.84. The van der Waals surface area contributed by atoms with Crippen molar-refractivity contribution in [1.82, 2.24) is 4.31 Å². The molecule has 1 aliphatic rings. The fraction of sp³-hybridized carbons (Fsp3) is 0.333. The van der Waals surface area contributed by atoms with Crippen LogP contribution in [0.1, 0.15) is 22.7 Å². The van der Waals surface area contributed by atoms with E-state index in [0.29, 0.717) is 13.2 Å². The lowest BCUT2D eigenvalue weighted by Crippen LogP contribution is -2.43. The summed E-state index contributed by atoms with van der Waals surface area (Å²) in [7, 11) is -3.51. The van der Waals surface area contributed by atoms with Gasteiger partial charge in [0, 0.05) is 6.54 Å². The van der Waals surface area contributed by atoms with Gasteiger partial charge in [0.15, 0.2) is 0 Å². The Hall–Kier alpha value is -1.76. The number of aryl methyl sites for hydroxylation is 1. The molecule has 0 spiro atoms. The second-order valence-corrected chi connectivity index (χ2v) is 7.86. The van der Waals surface area contributed by atoms with Gasteiger partial charge in [-0.1, -0.05) is 36.4 Å². The summed E-state index contributed by atoms with van der Waals surface area (Å²) in [4.78, 5) is 0. The first-order chi connectivity index (χ1) is 11.5. The van der Waals surface area contributed by atoms with E-state index in [1.165, 1.54) is 16.4 Å².